The maximum atomic E-state index is 13.2. The van der Waals surface area contributed by atoms with Crippen LogP contribution in [0, 0.1) is 17.9 Å². The Bertz CT molecular complexity index is 1100. The van der Waals surface area contributed by atoms with Crippen molar-refractivity contribution in [3.63, 3.8) is 0 Å². The second kappa shape index (κ2) is 18.2. The van der Waals surface area contributed by atoms with Gasteiger partial charge >= 0.3 is 12.1 Å². The van der Waals surface area contributed by atoms with Crippen LogP contribution < -0.4 is 16.0 Å². The minimum absolute atomic E-state index is 0.0528. The zero-order valence-corrected chi connectivity index (χ0v) is 28.3. The predicted molar refractivity (Wildman–Crippen MR) is 169 cm³/mol. The Morgan fingerprint density at radius 1 is 0.860 bits per heavy atom. The Balaban J connectivity index is 2.95. The molecule has 240 valence electrons. The molecule has 10 nitrogen and oxygen atoms in total. The lowest BCUT2D eigenvalue weighted by molar-refractivity contribution is -0.149. The van der Waals surface area contributed by atoms with Gasteiger partial charge in [-0.05, 0) is 63.7 Å². The Hall–Kier alpha value is -3.52. The molecule has 3 atom stereocenters. The lowest BCUT2D eigenvalue weighted by Crippen LogP contribution is -2.55. The standard InChI is InChI=1S/C32H51N3O7Si/c1-10-43(11-2,12-3)41-20-16-19-26(35-31(39)42-32(7,8)9)29(37)33-24(6)28(36)34-27(21-23(4)5)30(38)40-22-25-17-14-13-15-18-25/h13-15,17-18,23-24,26-27H,10-12,19,21-22H2,1-9H3,(H,33,37)(H,34,36)(H,35,39)/t24-,26-,27-/m0/s1. The molecule has 11 heteroatoms. The van der Waals surface area contributed by atoms with E-state index in [1.54, 1.807) is 20.8 Å². The number of alkyl carbamates (subject to hydrolysis) is 1. The van der Waals surface area contributed by atoms with Gasteiger partial charge < -0.3 is 29.9 Å². The van der Waals surface area contributed by atoms with E-state index >= 15 is 0 Å². The second-order valence-electron chi connectivity index (χ2n) is 12.0. The van der Waals surface area contributed by atoms with E-state index < -0.39 is 55.9 Å². The Morgan fingerprint density at radius 3 is 2.00 bits per heavy atom. The van der Waals surface area contributed by atoms with Gasteiger partial charge in [0.1, 0.15) is 30.3 Å². The molecule has 3 N–H and O–H groups in total. The van der Waals surface area contributed by atoms with E-state index in [2.05, 4.69) is 48.7 Å². The van der Waals surface area contributed by atoms with Crippen molar-refractivity contribution in [3.05, 3.63) is 35.9 Å². The van der Waals surface area contributed by atoms with Gasteiger partial charge in [-0.1, -0.05) is 70.9 Å². The lowest BCUT2D eigenvalue weighted by atomic mass is 10.0. The summed E-state index contributed by atoms with van der Waals surface area (Å²) in [6.45, 7) is 16.8. The van der Waals surface area contributed by atoms with Crippen molar-refractivity contribution >= 4 is 32.2 Å². The van der Waals surface area contributed by atoms with Crippen molar-refractivity contribution < 1.29 is 33.1 Å². The first-order valence-electron chi connectivity index (χ1n) is 15.1. The average molecular weight is 618 g/mol. The highest BCUT2D eigenvalue weighted by atomic mass is 28.4. The van der Waals surface area contributed by atoms with Gasteiger partial charge in [-0.2, -0.15) is 0 Å². The third-order valence-corrected chi connectivity index (χ3v) is 11.3. The molecule has 0 aromatic heterocycles. The molecule has 0 saturated carbocycles. The van der Waals surface area contributed by atoms with Crippen molar-refractivity contribution in [2.45, 2.75) is 124 Å². The maximum Gasteiger partial charge on any atom is 0.408 e. The maximum absolute atomic E-state index is 13.2. The summed E-state index contributed by atoms with van der Waals surface area (Å²) in [5, 5.41) is 7.87. The summed E-state index contributed by atoms with van der Waals surface area (Å²) >= 11 is 0. The zero-order chi connectivity index (χ0) is 32.6. The fraction of sp³-hybridized carbons (Fsp3) is 0.625. The van der Waals surface area contributed by atoms with Gasteiger partial charge in [0, 0.05) is 6.42 Å². The fourth-order valence-electron chi connectivity index (χ4n) is 4.10. The molecule has 1 rings (SSSR count). The number of benzene rings is 1. The van der Waals surface area contributed by atoms with Crippen molar-refractivity contribution in [1.29, 1.82) is 0 Å². The number of ether oxygens (including phenoxy) is 2. The van der Waals surface area contributed by atoms with E-state index in [0.29, 0.717) is 6.42 Å². The van der Waals surface area contributed by atoms with Gasteiger partial charge in [0.15, 0.2) is 0 Å². The van der Waals surface area contributed by atoms with Gasteiger partial charge in [-0.25, -0.2) is 9.59 Å². The molecule has 0 heterocycles. The monoisotopic (exact) mass is 617 g/mol. The van der Waals surface area contributed by atoms with Crippen molar-refractivity contribution in [3.8, 4) is 12.0 Å². The summed E-state index contributed by atoms with van der Waals surface area (Å²) < 4.78 is 16.7. The van der Waals surface area contributed by atoms with E-state index in [4.69, 9.17) is 13.9 Å². The van der Waals surface area contributed by atoms with Crippen LogP contribution in [0.5, 0.6) is 0 Å². The number of carbonyl (C=O) groups is 4. The Morgan fingerprint density at radius 2 is 1.47 bits per heavy atom. The minimum atomic E-state index is -1.96. The normalized spacial score (nSPS) is 13.4. The Kier molecular flexibility index (Phi) is 15.9. The van der Waals surface area contributed by atoms with Gasteiger partial charge in [0.05, 0.1) is 6.11 Å². The van der Waals surface area contributed by atoms with E-state index in [-0.39, 0.29) is 18.9 Å². The second-order valence-corrected chi connectivity index (χ2v) is 16.7. The molecule has 43 heavy (non-hydrogen) atoms. The summed E-state index contributed by atoms with van der Waals surface area (Å²) in [4.78, 5) is 51.6. The first-order valence-corrected chi connectivity index (χ1v) is 17.6. The topological polar surface area (TPSA) is 132 Å². The molecule has 0 aliphatic rings. The van der Waals surface area contributed by atoms with E-state index in [1.807, 2.05) is 44.2 Å². The smallest absolute Gasteiger partial charge is 0.408 e. The summed E-state index contributed by atoms with van der Waals surface area (Å²) in [5.41, 5.74) is 0.0533. The van der Waals surface area contributed by atoms with Crippen LogP contribution >= 0.6 is 0 Å². The van der Waals surface area contributed by atoms with Gasteiger partial charge in [0.25, 0.3) is 8.32 Å². The largest absolute Gasteiger partial charge is 0.500 e. The van der Waals surface area contributed by atoms with Gasteiger partial charge in [-0.3, -0.25) is 9.59 Å². The van der Waals surface area contributed by atoms with Crippen LogP contribution in [-0.2, 0) is 34.9 Å². The highest BCUT2D eigenvalue weighted by molar-refractivity contribution is 6.73. The van der Waals surface area contributed by atoms with Crippen molar-refractivity contribution in [1.82, 2.24) is 16.0 Å². The number of nitrogens with one attached hydrogen (secondary N) is 3. The number of esters is 1. The molecular weight excluding hydrogens is 566 g/mol. The molecule has 0 bridgehead atoms. The number of hydrogen-bond donors (Lipinski definition) is 3. The number of rotatable bonds is 15. The van der Waals surface area contributed by atoms with Crippen molar-refractivity contribution in [2.24, 2.45) is 5.92 Å². The molecule has 0 fully saturated rings. The first-order chi connectivity index (χ1) is 20.1. The lowest BCUT2D eigenvalue weighted by Gasteiger charge is -2.25. The summed E-state index contributed by atoms with van der Waals surface area (Å²) in [5.74, 6) is 1.21. The van der Waals surface area contributed by atoms with Gasteiger partial charge in [-0.15, -0.1) is 0 Å². The molecule has 0 aliphatic heterocycles. The molecule has 1 aromatic rings. The highest BCUT2D eigenvalue weighted by Gasteiger charge is 2.31. The van der Waals surface area contributed by atoms with E-state index in [1.165, 1.54) is 6.92 Å². The van der Waals surface area contributed by atoms with Crippen LogP contribution in [0.15, 0.2) is 30.3 Å². The highest BCUT2D eigenvalue weighted by Crippen LogP contribution is 2.20. The van der Waals surface area contributed by atoms with Crippen LogP contribution in [0.25, 0.3) is 0 Å². The number of hydrogen-bond acceptors (Lipinski definition) is 7. The third kappa shape index (κ3) is 14.5. The molecule has 0 unspecified atom stereocenters. The summed E-state index contributed by atoms with van der Waals surface area (Å²) in [6.07, 6.45) is 2.27. The van der Waals surface area contributed by atoms with Crippen LogP contribution in [0.3, 0.4) is 0 Å². The van der Waals surface area contributed by atoms with E-state index in [9.17, 15) is 19.2 Å². The minimum Gasteiger partial charge on any atom is -0.500 e. The summed E-state index contributed by atoms with van der Waals surface area (Å²) in [7, 11) is -1.96. The number of carbonyl (C=O) groups excluding carboxylic acids is 4. The quantitative estimate of drug-likeness (QED) is 0.143. The molecule has 1 aromatic carbocycles. The van der Waals surface area contributed by atoms with Crippen LogP contribution in [0.1, 0.15) is 80.7 Å². The fourth-order valence-corrected chi connectivity index (χ4v) is 6.33. The van der Waals surface area contributed by atoms with Crippen LogP contribution in [-0.4, -0.2) is 55.9 Å². The van der Waals surface area contributed by atoms with Crippen LogP contribution in [0.4, 0.5) is 4.79 Å². The van der Waals surface area contributed by atoms with E-state index in [0.717, 1.165) is 23.7 Å². The molecule has 0 spiro atoms. The van der Waals surface area contributed by atoms with Gasteiger partial charge in [0.2, 0.25) is 11.8 Å². The number of amides is 3. The Labute approximate surface area is 258 Å². The molecule has 0 saturated heterocycles. The zero-order valence-electron chi connectivity index (χ0n) is 27.3. The SMILES string of the molecule is CC[Si](CC)(CC)OC#CC[C@H](NC(=O)OC(C)(C)C)C(=O)N[C@@H](C)C(=O)N[C@@H](CC(C)C)C(=O)OCc1ccccc1. The summed E-state index contributed by atoms with van der Waals surface area (Å²) in [6, 6.07) is 8.98. The molecule has 0 radical (unpaired) electrons. The molecule has 0 aliphatic carbocycles. The van der Waals surface area contributed by atoms with Crippen molar-refractivity contribution in [2.75, 3.05) is 0 Å². The van der Waals surface area contributed by atoms with Crippen LogP contribution in [0.2, 0.25) is 18.1 Å². The molecule has 3 amide bonds. The predicted octanol–water partition coefficient (Wildman–Crippen LogP) is 5.03. The third-order valence-electron chi connectivity index (χ3n) is 6.87. The average Bonchev–Trinajstić information content (AvgIpc) is 2.94. The first kappa shape index (κ1) is 37.5. The molecular formula is C32H51N3O7Si.